The van der Waals surface area contributed by atoms with Gasteiger partial charge < -0.3 is 40.9 Å². The Balaban J connectivity index is 3.08. The Morgan fingerprint density at radius 2 is 1.63 bits per heavy atom. The number of thiol groups is 1. The van der Waals surface area contributed by atoms with Gasteiger partial charge in [-0.1, -0.05) is 0 Å². The van der Waals surface area contributed by atoms with Gasteiger partial charge >= 0.3 is 10.4 Å². The first kappa shape index (κ1) is 24.9. The average Bonchev–Trinajstić information content (AvgIpc) is 2.77. The predicted molar refractivity (Wildman–Crippen MR) is 91.1 cm³/mol. The highest BCUT2D eigenvalue weighted by atomic mass is 32.3. The predicted octanol–water partition coefficient (Wildman–Crippen LogP) is -4.60. The molecule has 12 nitrogen and oxygen atoms in total. The van der Waals surface area contributed by atoms with Crippen LogP contribution in [-0.4, -0.2) is 115 Å². The van der Waals surface area contributed by atoms with E-state index in [0.29, 0.717) is 0 Å². The summed E-state index contributed by atoms with van der Waals surface area (Å²) in [5, 5.41) is 77.4. The monoisotopic (exact) mass is 438 g/mol. The molecule has 0 amide bonds. The van der Waals surface area contributed by atoms with E-state index >= 15 is 0 Å². The van der Waals surface area contributed by atoms with Crippen molar-refractivity contribution in [2.45, 2.75) is 60.3 Å². The van der Waals surface area contributed by atoms with Crippen molar-refractivity contribution in [3.63, 3.8) is 0 Å². The summed E-state index contributed by atoms with van der Waals surface area (Å²) in [4.78, 5) is 0. The summed E-state index contributed by atoms with van der Waals surface area (Å²) in [5.41, 5.74) is 0. The summed E-state index contributed by atoms with van der Waals surface area (Å²) in [6.07, 6.45) is -13.9. The van der Waals surface area contributed by atoms with Crippen molar-refractivity contribution in [2.75, 3.05) is 13.2 Å². The van der Waals surface area contributed by atoms with Gasteiger partial charge in [0.15, 0.2) is 0 Å². The van der Waals surface area contributed by atoms with E-state index in [1.807, 2.05) is 0 Å². The van der Waals surface area contributed by atoms with E-state index in [1.54, 1.807) is 0 Å². The Morgan fingerprint density at radius 1 is 1.07 bits per heavy atom. The van der Waals surface area contributed by atoms with E-state index in [0.717, 1.165) is 0 Å². The first-order chi connectivity index (χ1) is 12.3. The Kier molecular flexibility index (Phi) is 8.87. The quantitative estimate of drug-likeness (QED) is 0.115. The lowest BCUT2D eigenvalue weighted by atomic mass is 9.86. The van der Waals surface area contributed by atoms with Crippen LogP contribution in [0.5, 0.6) is 0 Å². The number of aliphatic hydroxyl groups is 8. The van der Waals surface area contributed by atoms with Gasteiger partial charge in [0, 0.05) is 17.3 Å². The zero-order chi connectivity index (χ0) is 21.2. The lowest BCUT2D eigenvalue weighted by molar-refractivity contribution is -0.135. The van der Waals surface area contributed by atoms with Gasteiger partial charge in [-0.15, -0.1) is 0 Å². The van der Waals surface area contributed by atoms with Gasteiger partial charge in [0.25, 0.3) is 0 Å². The third-order valence-corrected chi connectivity index (χ3v) is 5.86. The van der Waals surface area contributed by atoms with Crippen LogP contribution in [0.1, 0.15) is 12.8 Å². The molecular weight excluding hydrogens is 412 g/mol. The van der Waals surface area contributed by atoms with E-state index in [1.165, 1.54) is 0 Å². The Bertz CT molecular complexity index is 574. The van der Waals surface area contributed by atoms with Crippen LogP contribution in [0.3, 0.4) is 0 Å². The van der Waals surface area contributed by atoms with Crippen molar-refractivity contribution in [1.29, 1.82) is 0 Å². The molecule has 1 rings (SSSR count). The molecule has 0 radical (unpaired) electrons. The minimum absolute atomic E-state index is 0.212. The highest BCUT2D eigenvalue weighted by Crippen LogP contribution is 2.45. The molecule has 0 heterocycles. The maximum Gasteiger partial charge on any atom is 0.397 e. The number of rotatable bonds is 10. The Labute approximate surface area is 161 Å². The molecule has 0 bridgehead atoms. The summed E-state index contributed by atoms with van der Waals surface area (Å²) < 4.78 is 33.7. The molecule has 0 spiro atoms. The van der Waals surface area contributed by atoms with E-state index in [-0.39, 0.29) is 6.42 Å². The van der Waals surface area contributed by atoms with Crippen LogP contribution in [0.15, 0.2) is 0 Å². The van der Waals surface area contributed by atoms with Gasteiger partial charge in [-0.05, 0) is 12.8 Å². The average molecular weight is 438 g/mol. The van der Waals surface area contributed by atoms with Crippen LogP contribution in [0.2, 0.25) is 0 Å². The molecule has 14 heteroatoms. The van der Waals surface area contributed by atoms with Crippen molar-refractivity contribution in [1.82, 2.24) is 0 Å². The number of aliphatic hydroxyl groups excluding tert-OH is 8. The molecule has 27 heavy (non-hydrogen) atoms. The van der Waals surface area contributed by atoms with Crippen molar-refractivity contribution >= 4 is 23.0 Å². The van der Waals surface area contributed by atoms with Crippen LogP contribution in [0.4, 0.5) is 0 Å². The van der Waals surface area contributed by atoms with Crippen molar-refractivity contribution < 1.29 is 58.0 Å². The van der Waals surface area contributed by atoms with Crippen molar-refractivity contribution in [3.8, 4) is 0 Å². The van der Waals surface area contributed by atoms with Crippen LogP contribution in [0, 0.1) is 5.92 Å². The minimum Gasteiger partial charge on any atom is -0.396 e. The summed E-state index contributed by atoms with van der Waals surface area (Å²) in [6.45, 7) is -1.64. The molecule has 1 unspecified atom stereocenters. The fourth-order valence-electron chi connectivity index (χ4n) is 3.23. The summed E-state index contributed by atoms with van der Waals surface area (Å²) in [7, 11) is -5.22. The summed E-state index contributed by atoms with van der Waals surface area (Å²) in [6, 6.07) is 0. The SMILES string of the molecule is O=S(=O)(O)O[C@@H]([C@H](O)[C@@H](O)[C@@H](O)CO)[C@H](O)CC1(S)C[C@@H](O)[C@H](O)[C@H]1CO. The van der Waals surface area contributed by atoms with Gasteiger partial charge in [0.1, 0.15) is 24.4 Å². The van der Waals surface area contributed by atoms with Crippen LogP contribution in [0.25, 0.3) is 0 Å². The molecule has 9 atom stereocenters. The molecular formula is C13H26O12S2. The standard InChI is InChI=1S/C13H26O12S2/c14-3-5-9(19)6(16)1-13(5,26)2-7(17)12(25-27(22,23)24)11(21)10(20)8(18)4-15/h5-12,14-21,26H,1-4H2,(H,22,23,24)/t5-,6-,7-,8+,9-,10+,11-,12-,13?/m1/s1. The van der Waals surface area contributed by atoms with Gasteiger partial charge in [-0.2, -0.15) is 21.0 Å². The van der Waals surface area contributed by atoms with Gasteiger partial charge in [-0.25, -0.2) is 4.18 Å². The molecule has 162 valence electrons. The fraction of sp³-hybridized carbons (Fsp3) is 1.00. The Morgan fingerprint density at radius 3 is 2.07 bits per heavy atom. The van der Waals surface area contributed by atoms with Crippen LogP contribution >= 0.6 is 12.6 Å². The smallest absolute Gasteiger partial charge is 0.396 e. The second-order valence-electron chi connectivity index (χ2n) is 6.65. The topological polar surface area (TPSA) is 225 Å². The van der Waals surface area contributed by atoms with Crippen LogP contribution in [-0.2, 0) is 14.6 Å². The highest BCUT2D eigenvalue weighted by molar-refractivity contribution is 7.81. The summed E-state index contributed by atoms with van der Waals surface area (Å²) in [5.74, 6) is -1.03. The van der Waals surface area contributed by atoms with Gasteiger partial charge in [0.05, 0.1) is 24.9 Å². The maximum absolute atomic E-state index is 11.0. The molecule has 1 aliphatic rings. The molecule has 9 N–H and O–H groups in total. The van der Waals surface area contributed by atoms with E-state index in [4.69, 9.17) is 9.66 Å². The molecule has 0 aromatic carbocycles. The van der Waals surface area contributed by atoms with Gasteiger partial charge in [0.2, 0.25) is 0 Å². The van der Waals surface area contributed by atoms with E-state index in [2.05, 4.69) is 16.8 Å². The maximum atomic E-state index is 11.0. The number of hydrogen-bond donors (Lipinski definition) is 10. The second-order valence-corrected chi connectivity index (χ2v) is 8.58. The van der Waals surface area contributed by atoms with Gasteiger partial charge in [-0.3, -0.25) is 4.55 Å². The molecule has 1 aliphatic carbocycles. The third-order valence-electron chi connectivity index (χ3n) is 4.70. The van der Waals surface area contributed by atoms with Crippen LogP contribution < -0.4 is 0 Å². The zero-order valence-electron chi connectivity index (χ0n) is 14.1. The zero-order valence-corrected chi connectivity index (χ0v) is 15.8. The Hall–Kier alpha value is -0.100. The minimum atomic E-state index is -5.22. The molecule has 0 saturated heterocycles. The second kappa shape index (κ2) is 9.60. The van der Waals surface area contributed by atoms with E-state index in [9.17, 15) is 44.2 Å². The third kappa shape index (κ3) is 6.19. The molecule has 1 fully saturated rings. The number of hydrogen-bond acceptors (Lipinski definition) is 12. The first-order valence-corrected chi connectivity index (χ1v) is 9.76. The highest BCUT2D eigenvalue weighted by Gasteiger charge is 2.52. The van der Waals surface area contributed by atoms with Crippen molar-refractivity contribution in [3.05, 3.63) is 0 Å². The van der Waals surface area contributed by atoms with Crippen molar-refractivity contribution in [2.24, 2.45) is 5.92 Å². The first-order valence-electron chi connectivity index (χ1n) is 7.95. The molecule has 0 aromatic heterocycles. The lowest BCUT2D eigenvalue weighted by Gasteiger charge is -2.36. The fourth-order valence-corrected chi connectivity index (χ4v) is 4.36. The lowest BCUT2D eigenvalue weighted by Crippen LogP contribution is -2.53. The summed E-state index contributed by atoms with van der Waals surface area (Å²) >= 11 is 4.26. The molecule has 0 aliphatic heterocycles. The normalized spacial score (nSPS) is 34.8. The van der Waals surface area contributed by atoms with E-state index < -0.39 is 83.4 Å². The molecule has 1 saturated carbocycles. The largest absolute Gasteiger partial charge is 0.397 e. The molecule has 0 aromatic rings.